The van der Waals surface area contributed by atoms with E-state index in [2.05, 4.69) is 14.9 Å². The number of nitrogens with two attached hydrogens (primary N) is 1. The molecule has 0 atom stereocenters. The fourth-order valence-corrected chi connectivity index (χ4v) is 2.05. The molecule has 2 saturated carbocycles. The molecule has 2 aliphatic carbocycles. The molecule has 1 aromatic heterocycles. The highest BCUT2D eigenvalue weighted by atomic mass is 127. The molecule has 1 heterocycles. The fraction of sp³-hybridized carbons (Fsp3) is 0.600. The highest BCUT2D eigenvalue weighted by Gasteiger charge is 2.27. The summed E-state index contributed by atoms with van der Waals surface area (Å²) in [6, 6.07) is 4.50. The Morgan fingerprint density at radius 3 is 2.86 bits per heavy atom. The Hall–Kier alpha value is -1.05. The van der Waals surface area contributed by atoms with Gasteiger partial charge in [-0.2, -0.15) is 0 Å². The molecule has 0 radical (unpaired) electrons. The number of hydrogen-bond acceptors (Lipinski definition) is 3. The molecule has 0 bridgehead atoms. The van der Waals surface area contributed by atoms with Crippen molar-refractivity contribution in [3.05, 3.63) is 23.9 Å². The second kappa shape index (κ2) is 7.29. The van der Waals surface area contributed by atoms with Crippen LogP contribution in [0.15, 0.2) is 23.3 Å². The maximum absolute atomic E-state index is 5.98. The third-order valence-electron chi connectivity index (χ3n) is 3.84. The normalized spacial score (nSPS) is 18.0. The van der Waals surface area contributed by atoms with Crippen LogP contribution >= 0.6 is 24.0 Å². The summed E-state index contributed by atoms with van der Waals surface area (Å²) in [5.41, 5.74) is 7.06. The summed E-state index contributed by atoms with van der Waals surface area (Å²) in [6.45, 7) is 1.36. The molecule has 0 aromatic carbocycles. The minimum Gasteiger partial charge on any atom is -0.477 e. The topological polar surface area (TPSA) is 63.7 Å². The Labute approximate surface area is 143 Å². The largest absolute Gasteiger partial charge is 0.477 e. The lowest BCUT2D eigenvalue weighted by Crippen LogP contribution is -2.35. The maximum Gasteiger partial charge on any atom is 0.213 e. The van der Waals surface area contributed by atoms with Gasteiger partial charge in [-0.05, 0) is 43.2 Å². The van der Waals surface area contributed by atoms with E-state index in [0.29, 0.717) is 24.4 Å². The molecule has 0 aliphatic heterocycles. The van der Waals surface area contributed by atoms with Crippen LogP contribution in [0.2, 0.25) is 0 Å². The van der Waals surface area contributed by atoms with Crippen LogP contribution in [0.3, 0.4) is 0 Å². The molecule has 21 heavy (non-hydrogen) atoms. The molecule has 3 rings (SSSR count). The van der Waals surface area contributed by atoms with Crippen LogP contribution in [0.1, 0.15) is 31.2 Å². The van der Waals surface area contributed by atoms with E-state index in [1.807, 2.05) is 19.2 Å². The quantitative estimate of drug-likeness (QED) is 0.451. The molecule has 2 N–H and O–H groups in total. The van der Waals surface area contributed by atoms with Gasteiger partial charge in [0.1, 0.15) is 0 Å². The van der Waals surface area contributed by atoms with E-state index in [1.165, 1.54) is 25.7 Å². The molecule has 5 nitrogen and oxygen atoms in total. The molecule has 1 aromatic rings. The summed E-state index contributed by atoms with van der Waals surface area (Å²) in [6.07, 6.45) is 6.79. The first-order chi connectivity index (χ1) is 9.72. The van der Waals surface area contributed by atoms with Gasteiger partial charge in [0.25, 0.3) is 0 Å². The molecule has 0 amide bonds. The zero-order valence-corrected chi connectivity index (χ0v) is 14.7. The van der Waals surface area contributed by atoms with Crippen molar-refractivity contribution in [3.63, 3.8) is 0 Å². The van der Waals surface area contributed by atoms with E-state index in [4.69, 9.17) is 10.5 Å². The van der Waals surface area contributed by atoms with Crippen LogP contribution < -0.4 is 10.5 Å². The lowest BCUT2D eigenvalue weighted by atomic mass is 10.3. The molecule has 116 valence electrons. The van der Waals surface area contributed by atoms with Gasteiger partial charge in [-0.1, -0.05) is 0 Å². The van der Waals surface area contributed by atoms with Gasteiger partial charge in [0, 0.05) is 25.4 Å². The first-order valence-corrected chi connectivity index (χ1v) is 7.33. The molecule has 0 unspecified atom stereocenters. The molecule has 2 fully saturated rings. The summed E-state index contributed by atoms with van der Waals surface area (Å²) in [5, 5.41) is 0. The SMILES string of the molecule is CN(C(N)=NCc1ccnc(OCC2CC2)c1)C1CC1.I. The smallest absolute Gasteiger partial charge is 0.213 e. The van der Waals surface area contributed by atoms with Gasteiger partial charge in [0.2, 0.25) is 5.88 Å². The maximum atomic E-state index is 5.98. The van der Waals surface area contributed by atoms with Crippen LogP contribution in [-0.4, -0.2) is 35.5 Å². The van der Waals surface area contributed by atoms with Crippen molar-refractivity contribution in [3.8, 4) is 5.88 Å². The standard InChI is InChI=1S/C15H22N4O.HI/c1-19(13-4-5-13)15(16)18-9-12-6-7-17-14(8-12)20-10-11-2-3-11;/h6-8,11,13H,2-5,9-10H2,1H3,(H2,16,18);1H. The first kappa shape index (κ1) is 16.3. The summed E-state index contributed by atoms with van der Waals surface area (Å²) >= 11 is 0. The van der Waals surface area contributed by atoms with Gasteiger partial charge < -0.3 is 15.4 Å². The predicted octanol–water partition coefficient (Wildman–Crippen LogP) is 2.40. The van der Waals surface area contributed by atoms with Gasteiger partial charge in [0.05, 0.1) is 13.2 Å². The van der Waals surface area contributed by atoms with E-state index >= 15 is 0 Å². The van der Waals surface area contributed by atoms with Crippen LogP contribution in [-0.2, 0) is 6.54 Å². The van der Waals surface area contributed by atoms with Crippen LogP contribution in [0.4, 0.5) is 0 Å². The van der Waals surface area contributed by atoms with Crippen LogP contribution in [0, 0.1) is 5.92 Å². The zero-order chi connectivity index (χ0) is 13.9. The highest BCUT2D eigenvalue weighted by Crippen LogP contribution is 2.29. The minimum absolute atomic E-state index is 0. The highest BCUT2D eigenvalue weighted by molar-refractivity contribution is 14.0. The molecular weight excluding hydrogens is 379 g/mol. The lowest BCUT2D eigenvalue weighted by Gasteiger charge is -2.16. The minimum atomic E-state index is 0. The van der Waals surface area contributed by atoms with Crippen molar-refractivity contribution in [2.45, 2.75) is 38.3 Å². The van der Waals surface area contributed by atoms with E-state index in [9.17, 15) is 0 Å². The Bertz CT molecular complexity index is 500. The molecule has 2 aliphatic rings. The van der Waals surface area contributed by atoms with Gasteiger partial charge in [-0.15, -0.1) is 24.0 Å². The van der Waals surface area contributed by atoms with E-state index in [0.717, 1.165) is 18.1 Å². The second-order valence-corrected chi connectivity index (χ2v) is 5.77. The molecule has 0 saturated heterocycles. The number of pyridine rings is 1. The predicted molar refractivity (Wildman–Crippen MR) is 94.0 cm³/mol. The number of rotatable bonds is 6. The average Bonchev–Trinajstić information content (AvgIpc) is 3.35. The first-order valence-electron chi connectivity index (χ1n) is 7.33. The number of hydrogen-bond donors (Lipinski definition) is 1. The van der Waals surface area contributed by atoms with Crippen molar-refractivity contribution in [2.75, 3.05) is 13.7 Å². The summed E-state index contributed by atoms with van der Waals surface area (Å²) in [5.74, 6) is 2.05. The van der Waals surface area contributed by atoms with Crippen molar-refractivity contribution in [1.29, 1.82) is 0 Å². The van der Waals surface area contributed by atoms with E-state index in [1.54, 1.807) is 6.20 Å². The Morgan fingerprint density at radius 2 is 2.19 bits per heavy atom. The Kier molecular flexibility index (Phi) is 5.66. The van der Waals surface area contributed by atoms with E-state index in [-0.39, 0.29) is 24.0 Å². The number of halogens is 1. The van der Waals surface area contributed by atoms with Crippen LogP contribution in [0.25, 0.3) is 0 Å². The van der Waals surface area contributed by atoms with E-state index < -0.39 is 0 Å². The van der Waals surface area contributed by atoms with Crippen LogP contribution in [0.5, 0.6) is 5.88 Å². The third-order valence-corrected chi connectivity index (χ3v) is 3.84. The van der Waals surface area contributed by atoms with Gasteiger partial charge >= 0.3 is 0 Å². The average molecular weight is 402 g/mol. The van der Waals surface area contributed by atoms with Crippen molar-refractivity contribution < 1.29 is 4.74 Å². The second-order valence-electron chi connectivity index (χ2n) is 5.77. The number of ether oxygens (including phenoxy) is 1. The number of aliphatic imine (C=N–C) groups is 1. The molecule has 0 spiro atoms. The monoisotopic (exact) mass is 402 g/mol. The Balaban J connectivity index is 0.00000161. The third kappa shape index (κ3) is 5.01. The fourth-order valence-electron chi connectivity index (χ4n) is 2.05. The van der Waals surface area contributed by atoms with Gasteiger partial charge in [0.15, 0.2) is 5.96 Å². The number of guanidine groups is 1. The van der Waals surface area contributed by atoms with Crippen molar-refractivity contribution in [1.82, 2.24) is 9.88 Å². The van der Waals surface area contributed by atoms with Crippen molar-refractivity contribution >= 4 is 29.9 Å². The molecule has 6 heteroatoms. The summed E-state index contributed by atoms with van der Waals surface area (Å²) in [4.78, 5) is 10.7. The summed E-state index contributed by atoms with van der Waals surface area (Å²) in [7, 11) is 2.01. The summed E-state index contributed by atoms with van der Waals surface area (Å²) < 4.78 is 5.67. The number of aromatic nitrogens is 1. The van der Waals surface area contributed by atoms with Gasteiger partial charge in [-0.3, -0.25) is 0 Å². The lowest BCUT2D eigenvalue weighted by molar-refractivity contribution is 0.288. The molecular formula is C15H23IN4O. The van der Waals surface area contributed by atoms with Crippen molar-refractivity contribution in [2.24, 2.45) is 16.6 Å². The zero-order valence-electron chi connectivity index (χ0n) is 12.4. The number of nitrogens with zero attached hydrogens (tertiary/aromatic N) is 3. The van der Waals surface area contributed by atoms with Gasteiger partial charge in [-0.25, -0.2) is 9.98 Å². The Morgan fingerprint density at radius 1 is 1.43 bits per heavy atom.